The summed E-state index contributed by atoms with van der Waals surface area (Å²) in [6, 6.07) is 10.7. The van der Waals surface area contributed by atoms with Crippen molar-refractivity contribution in [2.75, 3.05) is 0 Å². The lowest BCUT2D eigenvalue weighted by Crippen LogP contribution is -2.25. The van der Waals surface area contributed by atoms with Gasteiger partial charge in [0.25, 0.3) is 0 Å². The zero-order valence-corrected chi connectivity index (χ0v) is 10.1. The van der Waals surface area contributed by atoms with Gasteiger partial charge in [-0.2, -0.15) is 0 Å². The average Bonchev–Trinajstić information content (AvgIpc) is 2.33. The normalized spacial score (nSPS) is 27.6. The molecule has 0 heterocycles. The molecule has 1 aromatic rings. The lowest BCUT2D eigenvalue weighted by Gasteiger charge is -2.29. The Hall–Kier alpha value is -0.820. The van der Waals surface area contributed by atoms with Crippen LogP contribution in [0.3, 0.4) is 0 Å². The van der Waals surface area contributed by atoms with Gasteiger partial charge in [-0.25, -0.2) is 0 Å². The fraction of sp³-hybridized carbons (Fsp3) is 0.600. The first-order valence-electron chi connectivity index (χ1n) is 6.50. The number of hydrogen-bond acceptors (Lipinski definition) is 1. The van der Waals surface area contributed by atoms with Gasteiger partial charge in [0.1, 0.15) is 0 Å². The highest BCUT2D eigenvalue weighted by molar-refractivity contribution is 5.18. The summed E-state index contributed by atoms with van der Waals surface area (Å²) in [6.45, 7) is 2.27. The summed E-state index contributed by atoms with van der Waals surface area (Å²) in [6.07, 6.45) is 5.79. The maximum atomic E-state index is 9.96. The second-order valence-electron chi connectivity index (χ2n) is 5.16. The van der Waals surface area contributed by atoms with Crippen molar-refractivity contribution in [1.82, 2.24) is 0 Å². The molecule has 16 heavy (non-hydrogen) atoms. The summed E-state index contributed by atoms with van der Waals surface area (Å²) in [5, 5.41) is 9.96. The third kappa shape index (κ3) is 2.85. The maximum absolute atomic E-state index is 9.96. The van der Waals surface area contributed by atoms with Crippen molar-refractivity contribution in [3.05, 3.63) is 35.9 Å². The van der Waals surface area contributed by atoms with E-state index in [1.807, 2.05) is 0 Å². The zero-order valence-electron chi connectivity index (χ0n) is 10.1. The Morgan fingerprint density at radius 1 is 1.19 bits per heavy atom. The molecule has 1 nitrogen and oxygen atoms in total. The number of aliphatic hydroxyl groups is 1. The molecule has 0 radical (unpaired) electrons. The quantitative estimate of drug-likeness (QED) is 0.819. The molecule has 1 aliphatic carbocycles. The Morgan fingerprint density at radius 3 is 2.56 bits per heavy atom. The van der Waals surface area contributed by atoms with Crippen molar-refractivity contribution < 1.29 is 5.11 Å². The third-order valence-corrected chi connectivity index (χ3v) is 3.89. The monoisotopic (exact) mass is 218 g/mol. The molecule has 0 saturated heterocycles. The number of aliphatic hydroxyl groups excluding tert-OH is 1. The topological polar surface area (TPSA) is 20.2 Å². The molecule has 0 aliphatic heterocycles. The lowest BCUT2D eigenvalue weighted by atomic mass is 9.79. The Balaban J connectivity index is 1.94. The van der Waals surface area contributed by atoms with E-state index in [4.69, 9.17) is 0 Å². The van der Waals surface area contributed by atoms with Crippen LogP contribution < -0.4 is 0 Å². The van der Waals surface area contributed by atoms with Crippen LogP contribution in [-0.4, -0.2) is 11.2 Å². The predicted octanol–water partition coefficient (Wildman–Crippen LogP) is 3.73. The van der Waals surface area contributed by atoms with E-state index in [9.17, 15) is 5.11 Å². The SMILES string of the molecule is CC(C[C@@H]1CCCC[C@H]1O)c1ccccc1. The van der Waals surface area contributed by atoms with Crippen LogP contribution in [0.15, 0.2) is 30.3 Å². The van der Waals surface area contributed by atoms with Crippen LogP contribution >= 0.6 is 0 Å². The van der Waals surface area contributed by atoms with Gasteiger partial charge in [0.2, 0.25) is 0 Å². The van der Waals surface area contributed by atoms with E-state index in [2.05, 4.69) is 37.3 Å². The minimum atomic E-state index is -0.0556. The molecule has 1 N–H and O–H groups in total. The first-order valence-corrected chi connectivity index (χ1v) is 6.50. The number of rotatable bonds is 3. The van der Waals surface area contributed by atoms with Crippen molar-refractivity contribution in [3.8, 4) is 0 Å². The molecule has 0 bridgehead atoms. The second-order valence-corrected chi connectivity index (χ2v) is 5.16. The van der Waals surface area contributed by atoms with Gasteiger partial charge in [0.05, 0.1) is 6.10 Å². The minimum Gasteiger partial charge on any atom is -0.393 e. The van der Waals surface area contributed by atoms with Crippen molar-refractivity contribution >= 4 is 0 Å². The summed E-state index contributed by atoms with van der Waals surface area (Å²) in [5.41, 5.74) is 1.40. The van der Waals surface area contributed by atoms with Gasteiger partial charge in [0.15, 0.2) is 0 Å². The van der Waals surface area contributed by atoms with Gasteiger partial charge in [-0.05, 0) is 36.7 Å². The second kappa shape index (κ2) is 5.49. The molecule has 3 atom stereocenters. The smallest absolute Gasteiger partial charge is 0.0568 e. The van der Waals surface area contributed by atoms with E-state index in [-0.39, 0.29) is 6.10 Å². The molecule has 2 rings (SSSR count). The Kier molecular flexibility index (Phi) is 4.00. The van der Waals surface area contributed by atoms with E-state index < -0.39 is 0 Å². The third-order valence-electron chi connectivity index (χ3n) is 3.89. The van der Waals surface area contributed by atoms with Crippen LogP contribution in [0.1, 0.15) is 50.5 Å². The summed E-state index contributed by atoms with van der Waals surface area (Å²) < 4.78 is 0. The van der Waals surface area contributed by atoms with Crippen LogP contribution in [0.2, 0.25) is 0 Å². The molecular weight excluding hydrogens is 196 g/mol. The molecule has 88 valence electrons. The van der Waals surface area contributed by atoms with Crippen molar-refractivity contribution in [2.45, 2.75) is 51.0 Å². The van der Waals surface area contributed by atoms with Crippen LogP contribution in [-0.2, 0) is 0 Å². The fourth-order valence-electron chi connectivity index (χ4n) is 2.83. The molecule has 1 aromatic carbocycles. The van der Waals surface area contributed by atoms with E-state index >= 15 is 0 Å². The van der Waals surface area contributed by atoms with Gasteiger partial charge >= 0.3 is 0 Å². The van der Waals surface area contributed by atoms with Crippen molar-refractivity contribution in [1.29, 1.82) is 0 Å². The Morgan fingerprint density at radius 2 is 1.88 bits per heavy atom. The molecule has 1 aliphatic rings. The average molecular weight is 218 g/mol. The van der Waals surface area contributed by atoms with Gasteiger partial charge in [0, 0.05) is 0 Å². The van der Waals surface area contributed by atoms with Crippen LogP contribution in [0.5, 0.6) is 0 Å². The van der Waals surface area contributed by atoms with Gasteiger partial charge in [-0.1, -0.05) is 50.1 Å². The largest absolute Gasteiger partial charge is 0.393 e. The van der Waals surface area contributed by atoms with Crippen molar-refractivity contribution in [3.63, 3.8) is 0 Å². The van der Waals surface area contributed by atoms with Gasteiger partial charge in [-0.15, -0.1) is 0 Å². The molecular formula is C15H22O. The number of benzene rings is 1. The molecule has 1 saturated carbocycles. The summed E-state index contributed by atoms with van der Waals surface area (Å²) >= 11 is 0. The van der Waals surface area contributed by atoms with Crippen LogP contribution in [0.4, 0.5) is 0 Å². The first kappa shape index (κ1) is 11.7. The molecule has 0 spiro atoms. The molecule has 1 unspecified atom stereocenters. The highest BCUT2D eigenvalue weighted by atomic mass is 16.3. The summed E-state index contributed by atoms with van der Waals surface area (Å²) in [4.78, 5) is 0. The molecule has 0 amide bonds. The first-order chi connectivity index (χ1) is 7.77. The highest BCUT2D eigenvalue weighted by Crippen LogP contribution is 2.32. The van der Waals surface area contributed by atoms with E-state index in [0.29, 0.717) is 11.8 Å². The maximum Gasteiger partial charge on any atom is 0.0568 e. The fourth-order valence-corrected chi connectivity index (χ4v) is 2.83. The standard InChI is InChI=1S/C15H22O/c1-12(13-7-3-2-4-8-13)11-14-9-5-6-10-15(14)16/h2-4,7-8,12,14-16H,5-6,9-11H2,1H3/t12?,14-,15+/m0/s1. The van der Waals surface area contributed by atoms with Gasteiger partial charge < -0.3 is 5.11 Å². The van der Waals surface area contributed by atoms with Gasteiger partial charge in [-0.3, -0.25) is 0 Å². The van der Waals surface area contributed by atoms with E-state index in [1.54, 1.807) is 0 Å². The molecule has 0 aromatic heterocycles. The Labute approximate surface area is 98.5 Å². The minimum absolute atomic E-state index is 0.0556. The lowest BCUT2D eigenvalue weighted by molar-refractivity contribution is 0.0622. The Bertz CT molecular complexity index is 306. The van der Waals surface area contributed by atoms with E-state index in [0.717, 1.165) is 12.8 Å². The molecule has 1 heteroatoms. The molecule has 1 fully saturated rings. The van der Waals surface area contributed by atoms with E-state index in [1.165, 1.54) is 24.8 Å². The number of hydrogen-bond donors (Lipinski definition) is 1. The highest BCUT2D eigenvalue weighted by Gasteiger charge is 2.24. The summed E-state index contributed by atoms with van der Waals surface area (Å²) in [5.74, 6) is 1.09. The van der Waals surface area contributed by atoms with Crippen LogP contribution in [0.25, 0.3) is 0 Å². The zero-order chi connectivity index (χ0) is 11.4. The predicted molar refractivity (Wildman–Crippen MR) is 67.4 cm³/mol. The van der Waals surface area contributed by atoms with Crippen LogP contribution in [0, 0.1) is 5.92 Å². The van der Waals surface area contributed by atoms with Crippen molar-refractivity contribution in [2.24, 2.45) is 5.92 Å². The summed E-state index contributed by atoms with van der Waals surface area (Å²) in [7, 11) is 0.